The molecule has 0 fully saturated rings. The van der Waals surface area contributed by atoms with Crippen LogP contribution in [-0.4, -0.2) is 15.5 Å². The highest BCUT2D eigenvalue weighted by molar-refractivity contribution is 5.97. The van der Waals surface area contributed by atoms with Crippen LogP contribution in [0.5, 0.6) is 0 Å². The van der Waals surface area contributed by atoms with E-state index in [4.69, 9.17) is 0 Å². The molecule has 2 aromatic rings. The molecule has 0 bridgehead atoms. The fraction of sp³-hybridized carbons (Fsp3) is 0. The third-order valence-electron chi connectivity index (χ3n) is 2.75. The summed E-state index contributed by atoms with van der Waals surface area (Å²) in [6.07, 6.45) is 9.54. The maximum atomic E-state index is 12.3. The van der Waals surface area contributed by atoms with Crippen LogP contribution in [0.2, 0.25) is 0 Å². The summed E-state index contributed by atoms with van der Waals surface area (Å²) in [4.78, 5) is 28.1. The van der Waals surface area contributed by atoms with Crippen molar-refractivity contribution >= 4 is 22.9 Å². The Morgan fingerprint density at radius 1 is 1.22 bits per heavy atom. The van der Waals surface area contributed by atoms with Crippen molar-refractivity contribution in [3.63, 3.8) is 0 Å². The van der Waals surface area contributed by atoms with Crippen LogP contribution in [0.4, 0.5) is 0 Å². The number of aromatic nitrogens is 2. The highest BCUT2D eigenvalue weighted by Crippen LogP contribution is 2.12. The summed E-state index contributed by atoms with van der Waals surface area (Å²) in [6.45, 7) is 0. The molecule has 0 radical (unpaired) electrons. The van der Waals surface area contributed by atoms with Crippen molar-refractivity contribution in [3.05, 3.63) is 58.9 Å². The molecule has 5 heteroatoms. The largest absolute Gasteiger partial charge is 0.327 e. The molecule has 18 heavy (non-hydrogen) atoms. The lowest BCUT2D eigenvalue weighted by molar-refractivity contribution is 0.0963. The molecule has 2 aromatic heterocycles. The SMILES string of the molecule is O=C1NC=CC=Cn2c1cc1ccncc1c2=O. The van der Waals surface area contributed by atoms with Gasteiger partial charge in [0.05, 0.1) is 5.39 Å². The zero-order valence-corrected chi connectivity index (χ0v) is 9.33. The molecule has 0 spiro atoms. The molecule has 1 N–H and O–H groups in total. The van der Waals surface area contributed by atoms with Gasteiger partial charge < -0.3 is 5.32 Å². The van der Waals surface area contributed by atoms with E-state index in [2.05, 4.69) is 10.3 Å². The molecule has 1 amide bonds. The van der Waals surface area contributed by atoms with Crippen LogP contribution in [0.25, 0.3) is 17.0 Å². The number of hydrogen-bond acceptors (Lipinski definition) is 3. The van der Waals surface area contributed by atoms with E-state index >= 15 is 0 Å². The average Bonchev–Trinajstić information content (AvgIpc) is 2.38. The number of rotatable bonds is 0. The minimum Gasteiger partial charge on any atom is -0.327 e. The maximum Gasteiger partial charge on any atom is 0.272 e. The summed E-state index contributed by atoms with van der Waals surface area (Å²) in [5, 5.41) is 3.78. The standard InChI is InChI=1S/C13H9N3O2/c17-12-11-7-9-3-5-14-8-10(9)13(18)16(11)6-2-1-4-15-12/h1-8H,(H,15,17). The first-order chi connectivity index (χ1) is 8.77. The number of carbonyl (C=O) groups is 1. The summed E-state index contributed by atoms with van der Waals surface area (Å²) in [5.74, 6) is -0.314. The predicted octanol–water partition coefficient (Wildman–Crippen LogP) is 1.12. The van der Waals surface area contributed by atoms with Gasteiger partial charge in [-0.05, 0) is 29.7 Å². The second-order valence-electron chi connectivity index (χ2n) is 3.84. The third kappa shape index (κ3) is 1.53. The van der Waals surface area contributed by atoms with Gasteiger partial charge in [0.15, 0.2) is 0 Å². The Labute approximate surface area is 102 Å². The first kappa shape index (κ1) is 10.5. The average molecular weight is 239 g/mol. The van der Waals surface area contributed by atoms with Crippen LogP contribution in [0, 0.1) is 0 Å². The van der Waals surface area contributed by atoms with Crippen LogP contribution in [0.3, 0.4) is 0 Å². The lowest BCUT2D eigenvalue weighted by atomic mass is 10.2. The molecule has 0 saturated carbocycles. The van der Waals surface area contributed by atoms with Gasteiger partial charge >= 0.3 is 0 Å². The molecule has 88 valence electrons. The summed E-state index contributed by atoms with van der Waals surface area (Å²) in [6, 6.07) is 3.39. The number of pyridine rings is 2. The monoisotopic (exact) mass is 239 g/mol. The van der Waals surface area contributed by atoms with Crippen LogP contribution in [0.1, 0.15) is 10.5 Å². The van der Waals surface area contributed by atoms with Crippen molar-refractivity contribution in [1.29, 1.82) is 0 Å². The van der Waals surface area contributed by atoms with Crippen molar-refractivity contribution in [2.45, 2.75) is 0 Å². The van der Waals surface area contributed by atoms with Crippen molar-refractivity contribution in [2.75, 3.05) is 0 Å². The Morgan fingerprint density at radius 3 is 3.00 bits per heavy atom. The molecule has 0 saturated heterocycles. The Bertz CT molecular complexity index is 756. The first-order valence-corrected chi connectivity index (χ1v) is 5.41. The Morgan fingerprint density at radius 2 is 2.11 bits per heavy atom. The van der Waals surface area contributed by atoms with Gasteiger partial charge in [-0.2, -0.15) is 0 Å². The molecule has 0 aliphatic carbocycles. The van der Waals surface area contributed by atoms with E-state index in [1.54, 1.807) is 36.7 Å². The predicted molar refractivity (Wildman–Crippen MR) is 67.9 cm³/mol. The van der Waals surface area contributed by atoms with Crippen LogP contribution >= 0.6 is 0 Å². The van der Waals surface area contributed by atoms with Crippen molar-refractivity contribution in [2.24, 2.45) is 0 Å². The van der Waals surface area contributed by atoms with Gasteiger partial charge in [-0.1, -0.05) is 0 Å². The van der Waals surface area contributed by atoms with Gasteiger partial charge in [0.2, 0.25) is 0 Å². The molecule has 1 aliphatic rings. The normalized spacial score (nSPS) is 13.9. The highest BCUT2D eigenvalue weighted by atomic mass is 16.2. The van der Waals surface area contributed by atoms with E-state index in [9.17, 15) is 9.59 Å². The third-order valence-corrected chi connectivity index (χ3v) is 2.75. The number of nitrogens with one attached hydrogen (secondary N) is 1. The van der Waals surface area contributed by atoms with Crippen LogP contribution in [-0.2, 0) is 0 Å². The van der Waals surface area contributed by atoms with E-state index in [1.165, 1.54) is 17.0 Å². The molecule has 0 unspecified atom stereocenters. The Hall–Kier alpha value is -2.69. The minimum atomic E-state index is -0.314. The van der Waals surface area contributed by atoms with Crippen molar-refractivity contribution < 1.29 is 4.79 Å². The zero-order chi connectivity index (χ0) is 12.5. The first-order valence-electron chi connectivity index (χ1n) is 5.41. The van der Waals surface area contributed by atoms with Gasteiger partial charge in [-0.25, -0.2) is 0 Å². The second-order valence-corrected chi connectivity index (χ2v) is 3.84. The highest BCUT2D eigenvalue weighted by Gasteiger charge is 2.13. The molecule has 5 nitrogen and oxygen atoms in total. The topological polar surface area (TPSA) is 64.0 Å². The Kier molecular flexibility index (Phi) is 2.30. The molecule has 0 aromatic carbocycles. The Balaban J connectivity index is 2.43. The molecule has 3 rings (SSSR count). The number of fused-ring (bicyclic) bond motifs is 2. The van der Waals surface area contributed by atoms with E-state index in [-0.39, 0.29) is 11.5 Å². The fourth-order valence-electron chi connectivity index (χ4n) is 1.88. The van der Waals surface area contributed by atoms with Crippen LogP contribution < -0.4 is 10.9 Å². The van der Waals surface area contributed by atoms with Gasteiger partial charge in [0.1, 0.15) is 5.69 Å². The van der Waals surface area contributed by atoms with Gasteiger partial charge in [-0.3, -0.25) is 19.1 Å². The molecular weight excluding hydrogens is 230 g/mol. The number of nitrogens with zero attached hydrogens (tertiary/aromatic N) is 2. The lowest BCUT2D eigenvalue weighted by Gasteiger charge is -2.10. The summed E-state index contributed by atoms with van der Waals surface area (Å²) in [7, 11) is 0. The number of hydrogen-bond donors (Lipinski definition) is 1. The van der Waals surface area contributed by atoms with Gasteiger partial charge in [-0.15, -0.1) is 0 Å². The molecule has 1 aliphatic heterocycles. The molecular formula is C13H9N3O2. The van der Waals surface area contributed by atoms with Crippen molar-refractivity contribution in [3.8, 4) is 0 Å². The summed E-state index contributed by atoms with van der Waals surface area (Å²) >= 11 is 0. The second kappa shape index (κ2) is 3.96. The minimum absolute atomic E-state index is 0.252. The molecule has 0 atom stereocenters. The van der Waals surface area contributed by atoms with E-state index in [0.29, 0.717) is 16.5 Å². The molecule has 3 heterocycles. The number of amides is 1. The van der Waals surface area contributed by atoms with E-state index in [1.807, 2.05) is 0 Å². The smallest absolute Gasteiger partial charge is 0.272 e. The quantitative estimate of drug-likeness (QED) is 0.749. The lowest BCUT2D eigenvalue weighted by Crippen LogP contribution is -2.28. The zero-order valence-electron chi connectivity index (χ0n) is 9.33. The number of carbonyl (C=O) groups excluding carboxylic acids is 1. The number of allylic oxidation sites excluding steroid dienone is 2. The van der Waals surface area contributed by atoms with E-state index in [0.717, 1.165) is 0 Å². The van der Waals surface area contributed by atoms with Gasteiger partial charge in [0, 0.05) is 24.8 Å². The summed E-state index contributed by atoms with van der Waals surface area (Å²) in [5.41, 5.74) is 0.0524. The van der Waals surface area contributed by atoms with E-state index < -0.39 is 0 Å². The maximum absolute atomic E-state index is 12.3. The summed E-state index contributed by atoms with van der Waals surface area (Å²) < 4.78 is 1.32. The fourth-order valence-corrected chi connectivity index (χ4v) is 1.88. The van der Waals surface area contributed by atoms with Crippen molar-refractivity contribution in [1.82, 2.24) is 14.9 Å². The van der Waals surface area contributed by atoms with Gasteiger partial charge in [0.25, 0.3) is 11.5 Å². The van der Waals surface area contributed by atoms with Crippen LogP contribution in [0.15, 0.2) is 47.7 Å².